The van der Waals surface area contributed by atoms with Gasteiger partial charge in [-0.3, -0.25) is 13.9 Å². The maximum Gasteiger partial charge on any atom is 0.244 e. The summed E-state index contributed by atoms with van der Waals surface area (Å²) in [6, 6.07) is 13.2. The number of nitrogens with zero attached hydrogens (tertiary/aromatic N) is 2. The number of amides is 2. The topological polar surface area (TPSA) is 96.0 Å². The maximum absolute atomic E-state index is 13.5. The molecule has 0 aliphatic heterocycles. The fourth-order valence-electron chi connectivity index (χ4n) is 3.38. The van der Waals surface area contributed by atoms with Crippen molar-refractivity contribution < 1.29 is 22.7 Å². The van der Waals surface area contributed by atoms with Crippen molar-refractivity contribution in [1.29, 1.82) is 0 Å². The van der Waals surface area contributed by atoms with Crippen LogP contribution in [0.5, 0.6) is 5.75 Å². The predicted molar refractivity (Wildman–Crippen MR) is 137 cm³/mol. The second-order valence-corrected chi connectivity index (χ2v) is 10.7. The Morgan fingerprint density at radius 3 is 2.47 bits per heavy atom. The first kappa shape index (κ1) is 27.7. The zero-order chi connectivity index (χ0) is 25.3. The molecule has 10 heteroatoms. The maximum atomic E-state index is 13.5. The largest absolute Gasteiger partial charge is 0.495 e. The second kappa shape index (κ2) is 12.8. The molecule has 186 valence electrons. The van der Waals surface area contributed by atoms with Crippen LogP contribution in [0, 0.1) is 0 Å². The van der Waals surface area contributed by atoms with Gasteiger partial charge in [0.15, 0.2) is 0 Å². The fraction of sp³-hybridized carbons (Fsp3) is 0.417. The number of para-hydroxylation sites is 2. The van der Waals surface area contributed by atoms with Crippen molar-refractivity contribution in [3.8, 4) is 5.75 Å². The highest BCUT2D eigenvalue weighted by molar-refractivity contribution is 9.10. The SMILES string of the molecule is CCCCNC(=O)[C@H](C)N(Cc1cccc(Br)c1)C(=O)CN(c1ccccc1OC)S(C)(=O)=O. The molecule has 0 radical (unpaired) electrons. The van der Waals surface area contributed by atoms with Crippen LogP contribution >= 0.6 is 15.9 Å². The minimum atomic E-state index is -3.82. The van der Waals surface area contributed by atoms with Crippen LogP contribution in [0.1, 0.15) is 32.3 Å². The minimum absolute atomic E-state index is 0.143. The van der Waals surface area contributed by atoms with Gasteiger partial charge in [0.05, 0.1) is 19.1 Å². The van der Waals surface area contributed by atoms with Crippen LogP contribution < -0.4 is 14.4 Å². The number of methoxy groups -OCH3 is 1. The van der Waals surface area contributed by atoms with E-state index in [0.717, 1.165) is 33.4 Å². The Morgan fingerprint density at radius 2 is 1.85 bits per heavy atom. The Hall–Kier alpha value is -2.59. The van der Waals surface area contributed by atoms with Gasteiger partial charge in [-0.15, -0.1) is 0 Å². The lowest BCUT2D eigenvalue weighted by molar-refractivity contribution is -0.139. The minimum Gasteiger partial charge on any atom is -0.495 e. The fourth-order valence-corrected chi connectivity index (χ4v) is 4.68. The van der Waals surface area contributed by atoms with Crippen molar-refractivity contribution in [2.24, 2.45) is 0 Å². The number of halogens is 1. The van der Waals surface area contributed by atoms with Gasteiger partial charge in [-0.1, -0.05) is 53.5 Å². The molecule has 0 spiro atoms. The summed E-state index contributed by atoms with van der Waals surface area (Å²) in [7, 11) is -2.39. The van der Waals surface area contributed by atoms with Gasteiger partial charge in [-0.25, -0.2) is 8.42 Å². The third-order valence-electron chi connectivity index (χ3n) is 5.27. The second-order valence-electron chi connectivity index (χ2n) is 7.91. The van der Waals surface area contributed by atoms with Crippen molar-refractivity contribution in [2.75, 3.05) is 30.8 Å². The Morgan fingerprint density at radius 1 is 1.15 bits per heavy atom. The van der Waals surface area contributed by atoms with Gasteiger partial charge in [0.25, 0.3) is 0 Å². The summed E-state index contributed by atoms with van der Waals surface area (Å²) in [5, 5.41) is 2.86. The molecule has 2 rings (SSSR count). The summed E-state index contributed by atoms with van der Waals surface area (Å²) < 4.78 is 32.5. The molecule has 0 fully saturated rings. The molecule has 0 bridgehead atoms. The number of benzene rings is 2. The normalized spacial score (nSPS) is 12.0. The Kier molecular flexibility index (Phi) is 10.4. The molecule has 0 aliphatic rings. The highest BCUT2D eigenvalue weighted by atomic mass is 79.9. The van der Waals surface area contributed by atoms with Gasteiger partial charge in [0.1, 0.15) is 18.3 Å². The Labute approximate surface area is 210 Å². The lowest BCUT2D eigenvalue weighted by atomic mass is 10.1. The van der Waals surface area contributed by atoms with E-state index in [1.54, 1.807) is 31.2 Å². The van der Waals surface area contributed by atoms with E-state index in [-0.39, 0.29) is 18.1 Å². The number of rotatable bonds is 12. The smallest absolute Gasteiger partial charge is 0.244 e. The summed E-state index contributed by atoms with van der Waals surface area (Å²) in [4.78, 5) is 27.7. The van der Waals surface area contributed by atoms with E-state index in [1.807, 2.05) is 31.2 Å². The average Bonchev–Trinajstić information content (AvgIpc) is 2.79. The van der Waals surface area contributed by atoms with Crippen LogP contribution in [-0.2, 0) is 26.2 Å². The van der Waals surface area contributed by atoms with Gasteiger partial charge in [0, 0.05) is 17.6 Å². The standard InChI is InChI=1S/C24H32BrN3O5S/c1-5-6-14-26-24(30)18(2)27(16-19-10-9-11-20(25)15-19)23(29)17-28(34(4,31)32)21-12-7-8-13-22(21)33-3/h7-13,15,18H,5-6,14,16-17H2,1-4H3,(H,26,30)/t18-/m0/s1. The molecule has 0 saturated carbocycles. The number of hydrogen-bond acceptors (Lipinski definition) is 5. The van der Waals surface area contributed by atoms with Crippen LogP contribution in [0.15, 0.2) is 53.0 Å². The molecule has 2 aromatic carbocycles. The third-order valence-corrected chi connectivity index (χ3v) is 6.89. The van der Waals surface area contributed by atoms with Gasteiger partial charge >= 0.3 is 0 Å². The highest BCUT2D eigenvalue weighted by Gasteiger charge is 2.31. The summed E-state index contributed by atoms with van der Waals surface area (Å²) in [5.74, 6) is -0.473. The molecule has 8 nitrogen and oxygen atoms in total. The number of hydrogen-bond donors (Lipinski definition) is 1. The molecule has 2 amide bonds. The van der Waals surface area contributed by atoms with Gasteiger partial charge in [-0.05, 0) is 43.2 Å². The van der Waals surface area contributed by atoms with E-state index >= 15 is 0 Å². The highest BCUT2D eigenvalue weighted by Crippen LogP contribution is 2.29. The number of anilines is 1. The van der Waals surface area contributed by atoms with Crippen molar-refractivity contribution in [2.45, 2.75) is 39.3 Å². The van der Waals surface area contributed by atoms with E-state index in [1.165, 1.54) is 12.0 Å². The Bertz CT molecular complexity index is 1090. The zero-order valence-electron chi connectivity index (χ0n) is 20.0. The number of ether oxygens (including phenoxy) is 1. The molecular formula is C24H32BrN3O5S. The summed E-state index contributed by atoms with van der Waals surface area (Å²) >= 11 is 3.43. The van der Waals surface area contributed by atoms with E-state index in [9.17, 15) is 18.0 Å². The van der Waals surface area contributed by atoms with Crippen LogP contribution in [0.25, 0.3) is 0 Å². The zero-order valence-corrected chi connectivity index (χ0v) is 22.4. The van der Waals surface area contributed by atoms with Gasteiger partial charge in [0.2, 0.25) is 21.8 Å². The van der Waals surface area contributed by atoms with Crippen molar-refractivity contribution in [3.63, 3.8) is 0 Å². The lowest BCUT2D eigenvalue weighted by Crippen LogP contribution is -2.51. The van der Waals surface area contributed by atoms with Crippen LogP contribution in [0.2, 0.25) is 0 Å². The third kappa shape index (κ3) is 7.73. The molecule has 0 aliphatic carbocycles. The van der Waals surface area contributed by atoms with E-state index in [0.29, 0.717) is 12.3 Å². The van der Waals surface area contributed by atoms with Crippen molar-refractivity contribution >= 4 is 43.5 Å². The number of carbonyl (C=O) groups is 2. The number of carbonyl (C=O) groups excluding carboxylic acids is 2. The molecule has 1 atom stereocenters. The molecule has 1 N–H and O–H groups in total. The molecule has 0 unspecified atom stereocenters. The van der Waals surface area contributed by atoms with Crippen LogP contribution in [0.4, 0.5) is 5.69 Å². The number of nitrogens with one attached hydrogen (secondary N) is 1. The van der Waals surface area contributed by atoms with Crippen molar-refractivity contribution in [3.05, 3.63) is 58.6 Å². The van der Waals surface area contributed by atoms with Crippen LogP contribution in [0.3, 0.4) is 0 Å². The first-order valence-corrected chi connectivity index (χ1v) is 13.6. The molecule has 0 saturated heterocycles. The Balaban J connectivity index is 2.38. The molecular weight excluding hydrogens is 522 g/mol. The summed E-state index contributed by atoms with van der Waals surface area (Å²) in [5.41, 5.74) is 1.06. The first-order chi connectivity index (χ1) is 16.1. The molecule has 0 aromatic heterocycles. The van der Waals surface area contributed by atoms with Crippen molar-refractivity contribution in [1.82, 2.24) is 10.2 Å². The van der Waals surface area contributed by atoms with E-state index in [4.69, 9.17) is 4.74 Å². The number of sulfonamides is 1. The molecule has 34 heavy (non-hydrogen) atoms. The summed E-state index contributed by atoms with van der Waals surface area (Å²) in [6.45, 7) is 3.85. The van der Waals surface area contributed by atoms with Crippen LogP contribution in [-0.4, -0.2) is 57.6 Å². The number of unbranched alkanes of at least 4 members (excludes halogenated alkanes) is 1. The average molecular weight is 555 g/mol. The lowest BCUT2D eigenvalue weighted by Gasteiger charge is -2.31. The van der Waals surface area contributed by atoms with Gasteiger partial charge in [-0.2, -0.15) is 0 Å². The monoisotopic (exact) mass is 553 g/mol. The van der Waals surface area contributed by atoms with E-state index < -0.39 is 28.5 Å². The van der Waals surface area contributed by atoms with E-state index in [2.05, 4.69) is 21.2 Å². The molecule has 0 heterocycles. The van der Waals surface area contributed by atoms with Gasteiger partial charge < -0.3 is 15.0 Å². The molecule has 2 aromatic rings. The summed E-state index contributed by atoms with van der Waals surface area (Å²) in [6.07, 6.45) is 2.79. The first-order valence-electron chi connectivity index (χ1n) is 11.0. The predicted octanol–water partition coefficient (Wildman–Crippen LogP) is 3.56. The quantitative estimate of drug-likeness (QED) is 0.405.